The average molecular weight is 501 g/mol. The minimum atomic E-state index is -4.74. The Hall–Kier alpha value is -1.97. The third-order valence-corrected chi connectivity index (χ3v) is 7.30. The lowest BCUT2D eigenvalue weighted by Gasteiger charge is -2.27. The molecule has 0 bridgehead atoms. The van der Waals surface area contributed by atoms with Crippen LogP contribution in [-0.4, -0.2) is 53.9 Å². The number of hydrogen-bond acceptors (Lipinski definition) is 5. The van der Waals surface area contributed by atoms with E-state index in [9.17, 15) is 17.6 Å². The number of ether oxygens (including phenoxy) is 1. The molecule has 1 N–H and O–H groups in total. The van der Waals surface area contributed by atoms with Crippen LogP contribution >= 0.6 is 11.6 Å². The van der Waals surface area contributed by atoms with E-state index in [2.05, 4.69) is 15.5 Å². The fourth-order valence-corrected chi connectivity index (χ4v) is 5.58. The van der Waals surface area contributed by atoms with Gasteiger partial charge in [-0.2, -0.15) is 13.2 Å². The summed E-state index contributed by atoms with van der Waals surface area (Å²) in [7, 11) is 0. The number of halogens is 5. The van der Waals surface area contributed by atoms with E-state index in [1.807, 2.05) is 4.90 Å². The number of benzene rings is 1. The number of anilines is 1. The molecule has 3 heterocycles. The Morgan fingerprint density at radius 3 is 2.50 bits per heavy atom. The number of aromatic nitrogens is 2. The Morgan fingerprint density at radius 1 is 1.12 bits per heavy atom. The van der Waals surface area contributed by atoms with Crippen LogP contribution in [0.25, 0.3) is 11.3 Å². The molecule has 2 aromatic rings. The zero-order chi connectivity index (χ0) is 25.7. The van der Waals surface area contributed by atoms with Gasteiger partial charge in [-0.15, -0.1) is 10.2 Å². The maximum absolute atomic E-state index is 13.9. The Balaban J connectivity index is 1.28. The van der Waals surface area contributed by atoms with Gasteiger partial charge in [-0.25, -0.2) is 4.39 Å². The molecule has 1 aromatic heterocycles. The molecule has 10 heteroatoms. The van der Waals surface area contributed by atoms with Gasteiger partial charge in [-0.05, 0) is 67.7 Å². The van der Waals surface area contributed by atoms with Crippen LogP contribution in [0.3, 0.4) is 0 Å². The standard InChI is InChI=1S/C24H27ClF4N4O/c25-21-2-1-17(26)9-19(21)23-20(24(27,28)29)10-22(31-32-23)30-18-7-15-12-33(13-16(15)8-18)11-14-3-5-34-6-4-14/h1-2,9-10,14-16,18H,3-8,11-13H2,(H,30,31)/t15-,16+,18?/i11D2. The molecule has 5 nitrogen and oxygen atoms in total. The first-order valence-corrected chi connectivity index (χ1v) is 11.9. The van der Waals surface area contributed by atoms with Crippen LogP contribution in [0, 0.1) is 23.6 Å². The van der Waals surface area contributed by atoms with Crippen molar-refractivity contribution in [3.05, 3.63) is 40.7 Å². The van der Waals surface area contributed by atoms with Crippen molar-refractivity contribution in [2.24, 2.45) is 17.8 Å². The molecular formula is C24H27ClF4N4O. The van der Waals surface area contributed by atoms with Crippen molar-refractivity contribution in [3.63, 3.8) is 0 Å². The number of fused-ring (bicyclic) bond motifs is 1. The Bertz CT molecular complexity index is 1100. The van der Waals surface area contributed by atoms with Crippen molar-refractivity contribution in [2.45, 2.75) is 37.9 Å². The monoisotopic (exact) mass is 500 g/mol. The lowest BCUT2D eigenvalue weighted by atomic mass is 10.00. The van der Waals surface area contributed by atoms with Gasteiger partial charge in [-0.1, -0.05) is 11.6 Å². The number of likely N-dealkylation sites (tertiary alicyclic amines) is 1. The van der Waals surface area contributed by atoms with Gasteiger partial charge < -0.3 is 15.0 Å². The topological polar surface area (TPSA) is 50.3 Å². The zero-order valence-electron chi connectivity index (χ0n) is 20.4. The van der Waals surface area contributed by atoms with Crippen LogP contribution in [0.5, 0.6) is 0 Å². The predicted octanol–water partition coefficient (Wildman–Crippen LogP) is 5.50. The highest BCUT2D eigenvalue weighted by Gasteiger charge is 2.42. The van der Waals surface area contributed by atoms with E-state index in [1.165, 1.54) is 6.07 Å². The molecule has 3 atom stereocenters. The third kappa shape index (κ3) is 5.16. The molecule has 5 rings (SSSR count). The Kier molecular flexibility index (Phi) is 6.01. The highest BCUT2D eigenvalue weighted by Crippen LogP contribution is 2.42. The van der Waals surface area contributed by atoms with Gasteiger partial charge in [0.05, 0.1) is 10.6 Å². The summed E-state index contributed by atoms with van der Waals surface area (Å²) in [4.78, 5) is 1.94. The van der Waals surface area contributed by atoms with Crippen LogP contribution in [0.4, 0.5) is 23.4 Å². The summed E-state index contributed by atoms with van der Waals surface area (Å²) in [5.41, 5.74) is -1.73. The first kappa shape index (κ1) is 21.3. The van der Waals surface area contributed by atoms with E-state index < -0.39 is 29.7 Å². The Labute approximate surface area is 203 Å². The third-order valence-electron chi connectivity index (χ3n) is 6.97. The molecule has 2 saturated heterocycles. The number of nitrogens with one attached hydrogen (secondary N) is 1. The second kappa shape index (κ2) is 9.59. The van der Waals surface area contributed by atoms with Gasteiger partial charge in [0.2, 0.25) is 0 Å². The first-order valence-electron chi connectivity index (χ1n) is 12.5. The lowest BCUT2D eigenvalue weighted by Crippen LogP contribution is -2.32. The molecule has 1 aliphatic carbocycles. The fourth-order valence-electron chi connectivity index (χ4n) is 5.37. The highest BCUT2D eigenvalue weighted by atomic mass is 35.5. The summed E-state index contributed by atoms with van der Waals surface area (Å²) in [6.07, 6.45) is -1.89. The summed E-state index contributed by atoms with van der Waals surface area (Å²) in [6, 6.07) is 3.97. The number of alkyl halides is 3. The summed E-state index contributed by atoms with van der Waals surface area (Å²) in [5, 5.41) is 10.8. The maximum Gasteiger partial charge on any atom is 0.418 e. The van der Waals surface area contributed by atoms with Crippen LogP contribution in [0.1, 0.15) is 34.0 Å². The molecular weight excluding hydrogens is 472 g/mol. The van der Waals surface area contributed by atoms with E-state index in [1.54, 1.807) is 0 Å². The maximum atomic E-state index is 13.9. The van der Waals surface area contributed by atoms with Gasteiger partial charge >= 0.3 is 6.18 Å². The molecule has 1 unspecified atom stereocenters. The second-order valence-corrected chi connectivity index (χ2v) is 9.77. The highest BCUT2D eigenvalue weighted by molar-refractivity contribution is 6.33. The smallest absolute Gasteiger partial charge is 0.381 e. The summed E-state index contributed by atoms with van der Waals surface area (Å²) < 4.78 is 78.1. The predicted molar refractivity (Wildman–Crippen MR) is 121 cm³/mol. The van der Waals surface area contributed by atoms with Gasteiger partial charge in [0.15, 0.2) is 0 Å². The van der Waals surface area contributed by atoms with Crippen molar-refractivity contribution >= 4 is 17.4 Å². The van der Waals surface area contributed by atoms with Crippen LogP contribution in [0.2, 0.25) is 5.02 Å². The van der Waals surface area contributed by atoms with E-state index in [4.69, 9.17) is 19.1 Å². The SMILES string of the molecule is [2H]C([2H])(C1CCOCC1)N1C[C@H]2CC(Nc3cc(C(F)(F)F)c(-c4cc(F)ccc4Cl)nn3)C[C@H]2C1. The van der Waals surface area contributed by atoms with Gasteiger partial charge in [0, 0.05) is 47.1 Å². The number of rotatable bonds is 5. The molecule has 34 heavy (non-hydrogen) atoms. The van der Waals surface area contributed by atoms with Gasteiger partial charge in [0.25, 0.3) is 0 Å². The van der Waals surface area contributed by atoms with E-state index in [-0.39, 0.29) is 40.2 Å². The molecule has 2 aliphatic heterocycles. The van der Waals surface area contributed by atoms with Gasteiger partial charge in [0.1, 0.15) is 17.3 Å². The van der Waals surface area contributed by atoms with Crippen molar-refractivity contribution in [2.75, 3.05) is 38.1 Å². The van der Waals surface area contributed by atoms with Crippen LogP contribution < -0.4 is 5.32 Å². The second-order valence-electron chi connectivity index (χ2n) is 9.37. The lowest BCUT2D eigenvalue weighted by molar-refractivity contribution is -0.137. The van der Waals surface area contributed by atoms with E-state index >= 15 is 0 Å². The summed E-state index contributed by atoms with van der Waals surface area (Å²) >= 11 is 6.02. The molecule has 0 amide bonds. The molecule has 0 spiro atoms. The van der Waals surface area contributed by atoms with Crippen molar-refractivity contribution < 1.29 is 25.0 Å². The minimum absolute atomic E-state index is 0.00188. The van der Waals surface area contributed by atoms with Crippen LogP contribution in [-0.2, 0) is 10.9 Å². The van der Waals surface area contributed by atoms with E-state index in [0.717, 1.165) is 18.2 Å². The number of nitrogens with zero attached hydrogens (tertiary/aromatic N) is 3. The van der Waals surface area contributed by atoms with Crippen molar-refractivity contribution in [1.29, 1.82) is 0 Å². The molecule has 184 valence electrons. The van der Waals surface area contributed by atoms with Crippen molar-refractivity contribution in [3.8, 4) is 11.3 Å². The molecule has 1 aromatic carbocycles. The molecule has 0 radical (unpaired) electrons. The first-order chi connectivity index (χ1) is 17.0. The molecule has 3 aliphatic rings. The summed E-state index contributed by atoms with van der Waals surface area (Å²) in [6.45, 7) is 1.04. The quantitative estimate of drug-likeness (QED) is 0.549. The van der Waals surface area contributed by atoms with E-state index in [0.29, 0.717) is 52.0 Å². The molecule has 1 saturated carbocycles. The summed E-state index contributed by atoms with van der Waals surface area (Å²) in [5.74, 6) is -0.256. The van der Waals surface area contributed by atoms with Gasteiger partial charge in [-0.3, -0.25) is 0 Å². The number of hydrogen-bond donors (Lipinski definition) is 1. The van der Waals surface area contributed by atoms with Crippen molar-refractivity contribution in [1.82, 2.24) is 15.1 Å². The van der Waals surface area contributed by atoms with Crippen LogP contribution in [0.15, 0.2) is 24.3 Å². The molecule has 3 fully saturated rings. The zero-order valence-corrected chi connectivity index (χ0v) is 19.2. The normalized spacial score (nSPS) is 27.4. The average Bonchev–Trinajstić information content (AvgIpc) is 3.40. The largest absolute Gasteiger partial charge is 0.418 e. The Morgan fingerprint density at radius 2 is 1.82 bits per heavy atom. The minimum Gasteiger partial charge on any atom is -0.381 e. The fraction of sp³-hybridized carbons (Fsp3) is 0.583.